The number of halogens is 1. The first kappa shape index (κ1) is 17.4. The quantitative estimate of drug-likeness (QED) is 0.423. The molecule has 20 heavy (non-hydrogen) atoms. The van der Waals surface area contributed by atoms with Gasteiger partial charge in [0, 0.05) is 20.2 Å². The molecule has 0 spiro atoms. The van der Waals surface area contributed by atoms with Crippen LogP contribution in [0.1, 0.15) is 23.0 Å². The fraction of sp³-hybridized carbons (Fsp3) is 0.692. The molecule has 0 atom stereocenters. The summed E-state index contributed by atoms with van der Waals surface area (Å²) in [6, 6.07) is 1.11. The summed E-state index contributed by atoms with van der Waals surface area (Å²) in [6.07, 6.45) is 0. The van der Waals surface area contributed by atoms with Gasteiger partial charge >= 0.3 is 5.97 Å². The molecule has 1 aromatic rings. The Balaban J connectivity index is 2.63. The molecule has 0 aliphatic heterocycles. The molecular formula is C13H23BrN2O3Si. The average molecular weight is 363 g/mol. The van der Waals surface area contributed by atoms with Gasteiger partial charge in [0.05, 0.1) is 6.61 Å². The molecule has 1 rings (SSSR count). The van der Waals surface area contributed by atoms with E-state index in [9.17, 15) is 4.79 Å². The van der Waals surface area contributed by atoms with Crippen LogP contribution in [0.5, 0.6) is 0 Å². The zero-order valence-electron chi connectivity index (χ0n) is 12.8. The molecular weight excluding hydrogens is 340 g/mol. The molecule has 0 radical (unpaired) electrons. The maximum absolute atomic E-state index is 11.7. The first-order chi connectivity index (χ1) is 9.26. The van der Waals surface area contributed by atoms with Crippen LogP contribution < -0.4 is 0 Å². The van der Waals surface area contributed by atoms with Gasteiger partial charge in [-0.25, -0.2) is 9.48 Å². The van der Waals surface area contributed by atoms with Crippen molar-refractivity contribution < 1.29 is 14.3 Å². The molecule has 0 saturated heterocycles. The monoisotopic (exact) mass is 362 g/mol. The van der Waals surface area contributed by atoms with E-state index in [1.165, 1.54) is 0 Å². The van der Waals surface area contributed by atoms with Gasteiger partial charge in [0.15, 0.2) is 5.69 Å². The largest absolute Gasteiger partial charge is 0.461 e. The lowest BCUT2D eigenvalue weighted by Gasteiger charge is -2.15. The second-order valence-electron chi connectivity index (χ2n) is 5.83. The van der Waals surface area contributed by atoms with Gasteiger partial charge in [0.25, 0.3) is 0 Å². The van der Waals surface area contributed by atoms with Crippen LogP contribution in [0.25, 0.3) is 0 Å². The van der Waals surface area contributed by atoms with Gasteiger partial charge in [-0.05, 0) is 35.8 Å². The van der Waals surface area contributed by atoms with E-state index in [4.69, 9.17) is 9.47 Å². The number of carbonyl (C=O) groups excluding carboxylic acids is 1. The zero-order chi connectivity index (χ0) is 15.3. The lowest BCUT2D eigenvalue weighted by molar-refractivity contribution is 0.0510. The van der Waals surface area contributed by atoms with Crippen molar-refractivity contribution in [3.63, 3.8) is 0 Å². The summed E-state index contributed by atoms with van der Waals surface area (Å²) < 4.78 is 13.0. The maximum atomic E-state index is 11.7. The van der Waals surface area contributed by atoms with E-state index in [1.807, 2.05) is 6.92 Å². The van der Waals surface area contributed by atoms with Gasteiger partial charge in [-0.3, -0.25) is 0 Å². The fourth-order valence-corrected chi connectivity index (χ4v) is 2.67. The second kappa shape index (κ2) is 7.38. The molecule has 0 aliphatic carbocycles. The Hall–Kier alpha value is -0.663. The molecule has 0 aliphatic rings. The Morgan fingerprint density at radius 1 is 1.40 bits per heavy atom. The van der Waals surface area contributed by atoms with E-state index < -0.39 is 14.0 Å². The number of hydrogen-bond donors (Lipinski definition) is 0. The van der Waals surface area contributed by atoms with E-state index in [-0.39, 0.29) is 0 Å². The van der Waals surface area contributed by atoms with Crippen LogP contribution in [0.2, 0.25) is 25.7 Å². The van der Waals surface area contributed by atoms with E-state index >= 15 is 0 Å². The standard InChI is InChI=1S/C13H23BrN2O3Si/c1-6-19-13(17)11-10(2)12(14)16(15-11)9-18-7-8-20(3,4)5/h6-9H2,1-5H3. The van der Waals surface area contributed by atoms with Crippen LogP contribution >= 0.6 is 15.9 Å². The van der Waals surface area contributed by atoms with Crippen molar-refractivity contribution >= 4 is 30.0 Å². The third kappa shape index (κ3) is 5.03. The summed E-state index contributed by atoms with van der Waals surface area (Å²) in [5, 5.41) is 4.24. The Morgan fingerprint density at radius 2 is 2.05 bits per heavy atom. The molecule has 0 bridgehead atoms. The highest BCUT2D eigenvalue weighted by Gasteiger charge is 2.19. The number of ether oxygens (including phenoxy) is 2. The van der Waals surface area contributed by atoms with Crippen molar-refractivity contribution in [1.82, 2.24) is 9.78 Å². The zero-order valence-corrected chi connectivity index (χ0v) is 15.4. The molecule has 5 nitrogen and oxygen atoms in total. The number of nitrogens with zero attached hydrogens (tertiary/aromatic N) is 2. The number of aromatic nitrogens is 2. The molecule has 0 saturated carbocycles. The first-order valence-electron chi connectivity index (χ1n) is 6.74. The van der Waals surface area contributed by atoms with Crippen LogP contribution in [-0.4, -0.2) is 37.0 Å². The van der Waals surface area contributed by atoms with E-state index in [1.54, 1.807) is 11.6 Å². The number of hydrogen-bond acceptors (Lipinski definition) is 4. The van der Waals surface area contributed by atoms with Gasteiger partial charge < -0.3 is 9.47 Å². The number of rotatable bonds is 7. The Bertz CT molecular complexity index is 469. The van der Waals surface area contributed by atoms with Gasteiger partial charge in [-0.1, -0.05) is 19.6 Å². The van der Waals surface area contributed by atoms with Crippen LogP contribution in [0.4, 0.5) is 0 Å². The summed E-state index contributed by atoms with van der Waals surface area (Å²) in [7, 11) is -1.08. The van der Waals surface area contributed by atoms with Gasteiger partial charge in [-0.2, -0.15) is 5.10 Å². The Morgan fingerprint density at radius 3 is 2.60 bits per heavy atom. The van der Waals surface area contributed by atoms with Crippen LogP contribution in [0.3, 0.4) is 0 Å². The topological polar surface area (TPSA) is 53.3 Å². The van der Waals surface area contributed by atoms with E-state index in [2.05, 4.69) is 40.7 Å². The molecule has 0 N–H and O–H groups in total. The molecule has 0 amide bonds. The van der Waals surface area contributed by atoms with Gasteiger partial charge in [0.2, 0.25) is 0 Å². The summed E-state index contributed by atoms with van der Waals surface area (Å²) in [5.41, 5.74) is 1.12. The minimum atomic E-state index is -1.08. The van der Waals surface area contributed by atoms with Crippen molar-refractivity contribution in [2.24, 2.45) is 0 Å². The molecule has 0 aromatic carbocycles. The highest BCUT2D eigenvalue weighted by molar-refractivity contribution is 9.10. The molecule has 1 aromatic heterocycles. The number of esters is 1. The highest BCUT2D eigenvalue weighted by atomic mass is 79.9. The lowest BCUT2D eigenvalue weighted by Crippen LogP contribution is -2.22. The summed E-state index contributed by atoms with van der Waals surface area (Å²) in [4.78, 5) is 11.7. The maximum Gasteiger partial charge on any atom is 0.359 e. The fourth-order valence-electron chi connectivity index (χ4n) is 1.54. The van der Waals surface area contributed by atoms with Gasteiger partial charge in [0.1, 0.15) is 11.3 Å². The molecule has 7 heteroatoms. The minimum absolute atomic E-state index is 0.339. The lowest BCUT2D eigenvalue weighted by atomic mass is 10.3. The van der Waals surface area contributed by atoms with Crippen molar-refractivity contribution in [2.45, 2.75) is 46.3 Å². The highest BCUT2D eigenvalue weighted by Crippen LogP contribution is 2.20. The number of carbonyl (C=O) groups is 1. The van der Waals surface area contributed by atoms with Crippen molar-refractivity contribution in [3.8, 4) is 0 Å². The van der Waals surface area contributed by atoms with Crippen molar-refractivity contribution in [1.29, 1.82) is 0 Å². The molecule has 0 unspecified atom stereocenters. The predicted molar refractivity (Wildman–Crippen MR) is 84.7 cm³/mol. The van der Waals surface area contributed by atoms with Crippen LogP contribution in [-0.2, 0) is 16.2 Å². The Labute approximate surface area is 129 Å². The van der Waals surface area contributed by atoms with Crippen LogP contribution in [0.15, 0.2) is 4.60 Å². The average Bonchev–Trinajstić information content (AvgIpc) is 2.62. The van der Waals surface area contributed by atoms with Crippen molar-refractivity contribution in [2.75, 3.05) is 13.2 Å². The minimum Gasteiger partial charge on any atom is -0.461 e. The summed E-state index contributed by atoms with van der Waals surface area (Å²) in [5.74, 6) is -0.397. The summed E-state index contributed by atoms with van der Waals surface area (Å²) in [6.45, 7) is 11.9. The van der Waals surface area contributed by atoms with E-state index in [0.717, 1.165) is 22.8 Å². The smallest absolute Gasteiger partial charge is 0.359 e. The van der Waals surface area contributed by atoms with Crippen LogP contribution in [0, 0.1) is 6.92 Å². The Kier molecular flexibility index (Phi) is 6.41. The molecule has 0 fully saturated rings. The third-order valence-electron chi connectivity index (χ3n) is 2.79. The predicted octanol–water partition coefficient (Wildman–Crippen LogP) is 3.44. The van der Waals surface area contributed by atoms with Gasteiger partial charge in [-0.15, -0.1) is 0 Å². The normalized spacial score (nSPS) is 11.7. The first-order valence-corrected chi connectivity index (χ1v) is 11.2. The third-order valence-corrected chi connectivity index (χ3v) is 5.50. The second-order valence-corrected chi connectivity index (χ2v) is 12.2. The SMILES string of the molecule is CCOC(=O)c1nn(COCC[Si](C)(C)C)c(Br)c1C. The molecule has 114 valence electrons. The van der Waals surface area contributed by atoms with Crippen molar-refractivity contribution in [3.05, 3.63) is 15.9 Å². The molecule has 1 heterocycles. The summed E-state index contributed by atoms with van der Waals surface area (Å²) >= 11 is 3.43. The van der Waals surface area contributed by atoms with E-state index in [0.29, 0.717) is 19.0 Å².